The zero-order valence-corrected chi connectivity index (χ0v) is 10.8. The third-order valence-corrected chi connectivity index (χ3v) is 4.57. The van der Waals surface area contributed by atoms with Gasteiger partial charge in [-0.2, -0.15) is 0 Å². The standard InChI is InChI=1S/C14H13N3S/c1-2-4-11-9(3-1)7-10-8-12(18-14(10)17-11)13-15-5-6-16-13/h5-8H,1-4H2,(H,15,16). The minimum Gasteiger partial charge on any atom is -0.344 e. The lowest BCUT2D eigenvalue weighted by molar-refractivity contribution is 0.671. The molecular formula is C14H13N3S. The van der Waals surface area contributed by atoms with Gasteiger partial charge >= 0.3 is 0 Å². The van der Waals surface area contributed by atoms with Crippen LogP contribution in [0.3, 0.4) is 0 Å². The lowest BCUT2D eigenvalue weighted by Crippen LogP contribution is -2.04. The Bertz CT molecular complexity index is 654. The highest BCUT2D eigenvalue weighted by Gasteiger charge is 2.14. The smallest absolute Gasteiger partial charge is 0.147 e. The average Bonchev–Trinajstić information content (AvgIpc) is 3.04. The number of nitrogens with one attached hydrogen (secondary N) is 1. The Morgan fingerprint density at radius 2 is 2.11 bits per heavy atom. The molecule has 18 heavy (non-hydrogen) atoms. The quantitative estimate of drug-likeness (QED) is 0.722. The Morgan fingerprint density at radius 3 is 3.00 bits per heavy atom. The van der Waals surface area contributed by atoms with Crippen LogP contribution >= 0.6 is 11.3 Å². The summed E-state index contributed by atoms with van der Waals surface area (Å²) >= 11 is 1.72. The molecule has 4 heteroatoms. The lowest BCUT2D eigenvalue weighted by Gasteiger charge is -2.13. The predicted molar refractivity (Wildman–Crippen MR) is 73.8 cm³/mol. The number of aromatic nitrogens is 3. The molecule has 3 nitrogen and oxygen atoms in total. The van der Waals surface area contributed by atoms with Gasteiger partial charge in [-0.3, -0.25) is 0 Å². The van der Waals surface area contributed by atoms with E-state index < -0.39 is 0 Å². The van der Waals surface area contributed by atoms with Crippen LogP contribution < -0.4 is 0 Å². The number of pyridine rings is 1. The van der Waals surface area contributed by atoms with Gasteiger partial charge in [0.15, 0.2) is 0 Å². The first-order valence-electron chi connectivity index (χ1n) is 6.32. The van der Waals surface area contributed by atoms with Crippen LogP contribution in [0, 0.1) is 0 Å². The summed E-state index contributed by atoms with van der Waals surface area (Å²) in [6.07, 6.45) is 8.55. The summed E-state index contributed by atoms with van der Waals surface area (Å²) in [6.45, 7) is 0. The Morgan fingerprint density at radius 1 is 1.17 bits per heavy atom. The van der Waals surface area contributed by atoms with E-state index in [1.165, 1.54) is 40.8 Å². The molecule has 0 aromatic carbocycles. The summed E-state index contributed by atoms with van der Waals surface area (Å²) in [5.41, 5.74) is 2.75. The number of H-pyrrole nitrogens is 1. The third-order valence-electron chi connectivity index (χ3n) is 3.52. The molecule has 0 bridgehead atoms. The number of nitrogens with zero attached hydrogens (tertiary/aromatic N) is 2. The van der Waals surface area contributed by atoms with E-state index >= 15 is 0 Å². The van der Waals surface area contributed by atoms with Crippen LogP contribution in [-0.4, -0.2) is 15.0 Å². The van der Waals surface area contributed by atoms with Gasteiger partial charge in [0.05, 0.1) is 4.88 Å². The minimum atomic E-state index is 0.941. The first-order chi connectivity index (χ1) is 8.90. The second-order valence-corrected chi connectivity index (χ2v) is 5.77. The minimum absolute atomic E-state index is 0.941. The zero-order valence-electron chi connectivity index (χ0n) is 9.94. The number of aromatic amines is 1. The molecule has 3 heterocycles. The Labute approximate surface area is 109 Å². The topological polar surface area (TPSA) is 41.6 Å². The largest absolute Gasteiger partial charge is 0.344 e. The van der Waals surface area contributed by atoms with Crippen molar-refractivity contribution in [3.05, 3.63) is 35.8 Å². The van der Waals surface area contributed by atoms with E-state index in [-0.39, 0.29) is 0 Å². The van der Waals surface area contributed by atoms with E-state index in [0.717, 1.165) is 17.1 Å². The summed E-state index contributed by atoms with van der Waals surface area (Å²) in [5, 5.41) is 1.26. The second kappa shape index (κ2) is 3.92. The molecule has 0 unspecified atom stereocenters. The molecule has 90 valence electrons. The van der Waals surface area contributed by atoms with Gasteiger partial charge in [0.25, 0.3) is 0 Å². The van der Waals surface area contributed by atoms with E-state index in [1.54, 1.807) is 17.5 Å². The number of aryl methyl sites for hydroxylation is 2. The van der Waals surface area contributed by atoms with Crippen LogP contribution in [0.1, 0.15) is 24.1 Å². The van der Waals surface area contributed by atoms with Crippen molar-refractivity contribution in [2.24, 2.45) is 0 Å². The van der Waals surface area contributed by atoms with Crippen molar-refractivity contribution in [3.8, 4) is 10.7 Å². The van der Waals surface area contributed by atoms with Gasteiger partial charge in [0.2, 0.25) is 0 Å². The van der Waals surface area contributed by atoms with Crippen LogP contribution in [0.4, 0.5) is 0 Å². The van der Waals surface area contributed by atoms with E-state index in [0.29, 0.717) is 0 Å². The molecule has 0 saturated carbocycles. The van der Waals surface area contributed by atoms with Gasteiger partial charge in [0.1, 0.15) is 10.7 Å². The first kappa shape index (κ1) is 10.3. The van der Waals surface area contributed by atoms with Crippen molar-refractivity contribution in [1.82, 2.24) is 15.0 Å². The van der Waals surface area contributed by atoms with E-state index in [9.17, 15) is 0 Å². The zero-order chi connectivity index (χ0) is 11.9. The van der Waals surface area contributed by atoms with Gasteiger partial charge < -0.3 is 4.98 Å². The molecule has 4 rings (SSSR count). The molecule has 0 radical (unpaired) electrons. The number of rotatable bonds is 1. The van der Waals surface area contributed by atoms with Crippen LogP contribution in [-0.2, 0) is 12.8 Å². The fourth-order valence-corrected chi connectivity index (χ4v) is 3.60. The molecule has 0 atom stereocenters. The number of fused-ring (bicyclic) bond motifs is 2. The fraction of sp³-hybridized carbons (Fsp3) is 0.286. The van der Waals surface area contributed by atoms with Crippen LogP contribution in [0.25, 0.3) is 20.9 Å². The van der Waals surface area contributed by atoms with Crippen molar-refractivity contribution in [1.29, 1.82) is 0 Å². The third kappa shape index (κ3) is 1.56. The number of imidazole rings is 1. The highest BCUT2D eigenvalue weighted by Crippen LogP contribution is 2.33. The normalized spacial score (nSPS) is 14.9. The van der Waals surface area contributed by atoms with Crippen LogP contribution in [0.2, 0.25) is 0 Å². The average molecular weight is 255 g/mol. The van der Waals surface area contributed by atoms with Gasteiger partial charge in [-0.15, -0.1) is 11.3 Å². The summed E-state index contributed by atoms with van der Waals surface area (Å²) < 4.78 is 0. The van der Waals surface area contributed by atoms with E-state index in [1.807, 2.05) is 6.20 Å². The Hall–Kier alpha value is -1.68. The van der Waals surface area contributed by atoms with Crippen molar-refractivity contribution < 1.29 is 0 Å². The highest BCUT2D eigenvalue weighted by molar-refractivity contribution is 7.21. The van der Waals surface area contributed by atoms with Gasteiger partial charge in [-0.1, -0.05) is 0 Å². The Balaban J connectivity index is 1.90. The summed E-state index contributed by atoms with van der Waals surface area (Å²) in [7, 11) is 0. The van der Waals surface area contributed by atoms with Crippen LogP contribution in [0.15, 0.2) is 24.5 Å². The van der Waals surface area contributed by atoms with Crippen molar-refractivity contribution in [3.63, 3.8) is 0 Å². The maximum absolute atomic E-state index is 4.82. The number of hydrogen-bond acceptors (Lipinski definition) is 3. The second-order valence-electron chi connectivity index (χ2n) is 4.74. The first-order valence-corrected chi connectivity index (χ1v) is 7.14. The van der Waals surface area contributed by atoms with Gasteiger partial charge in [-0.25, -0.2) is 9.97 Å². The molecule has 0 saturated heterocycles. The van der Waals surface area contributed by atoms with Crippen molar-refractivity contribution in [2.45, 2.75) is 25.7 Å². The molecule has 1 N–H and O–H groups in total. The van der Waals surface area contributed by atoms with E-state index in [4.69, 9.17) is 4.98 Å². The fourth-order valence-electron chi connectivity index (χ4n) is 2.61. The maximum Gasteiger partial charge on any atom is 0.147 e. The van der Waals surface area contributed by atoms with Crippen molar-refractivity contribution in [2.75, 3.05) is 0 Å². The summed E-state index contributed by atoms with van der Waals surface area (Å²) in [6, 6.07) is 4.51. The molecule has 0 fully saturated rings. The number of thiophene rings is 1. The molecular weight excluding hydrogens is 242 g/mol. The maximum atomic E-state index is 4.82. The molecule has 1 aliphatic rings. The Kier molecular flexibility index (Phi) is 2.23. The van der Waals surface area contributed by atoms with Crippen molar-refractivity contribution >= 4 is 21.6 Å². The number of hydrogen-bond donors (Lipinski definition) is 1. The summed E-state index contributed by atoms with van der Waals surface area (Å²) in [4.78, 5) is 14.6. The monoisotopic (exact) mass is 255 g/mol. The molecule has 3 aromatic rings. The van der Waals surface area contributed by atoms with Crippen LogP contribution in [0.5, 0.6) is 0 Å². The molecule has 0 amide bonds. The highest BCUT2D eigenvalue weighted by atomic mass is 32.1. The predicted octanol–water partition coefficient (Wildman–Crippen LogP) is 3.57. The SMILES string of the molecule is c1c[nH]c(-c2cc3cc4c(nc3s2)CCCC4)n1. The molecule has 1 aliphatic carbocycles. The summed E-state index contributed by atoms with van der Waals surface area (Å²) in [5.74, 6) is 0.941. The lowest BCUT2D eigenvalue weighted by atomic mass is 9.96. The van der Waals surface area contributed by atoms with Gasteiger partial charge in [0, 0.05) is 23.5 Å². The molecule has 0 aliphatic heterocycles. The van der Waals surface area contributed by atoms with Gasteiger partial charge in [-0.05, 0) is 43.4 Å². The molecule has 0 spiro atoms. The molecule has 3 aromatic heterocycles. The van der Waals surface area contributed by atoms with E-state index in [2.05, 4.69) is 22.1 Å².